The first-order valence-electron chi connectivity index (χ1n) is 6.51. The normalized spacial score (nSPS) is 15.1. The molecule has 1 aromatic rings. The van der Waals surface area contributed by atoms with Crippen molar-refractivity contribution in [1.82, 2.24) is 0 Å². The van der Waals surface area contributed by atoms with Crippen LogP contribution < -0.4 is 10.5 Å². The number of nitrogens with two attached hydrogens (primary N) is 1. The number of benzene rings is 1. The Morgan fingerprint density at radius 3 is 2.53 bits per heavy atom. The summed E-state index contributed by atoms with van der Waals surface area (Å²) in [5.41, 5.74) is 7.14. The van der Waals surface area contributed by atoms with Gasteiger partial charge in [0.05, 0.1) is 19.3 Å². The van der Waals surface area contributed by atoms with Crippen molar-refractivity contribution in [2.45, 2.75) is 38.3 Å². The maximum absolute atomic E-state index is 9.35. The summed E-state index contributed by atoms with van der Waals surface area (Å²) in [4.78, 5) is 0. The van der Waals surface area contributed by atoms with Crippen molar-refractivity contribution in [2.75, 3.05) is 20.3 Å². The molecule has 0 aliphatic rings. The highest BCUT2D eigenvalue weighted by molar-refractivity contribution is 5.32. The minimum absolute atomic E-state index is 0.0583. The predicted molar refractivity (Wildman–Crippen MR) is 76.5 cm³/mol. The number of ether oxygens (including phenoxy) is 2. The van der Waals surface area contributed by atoms with Crippen LogP contribution in [-0.2, 0) is 10.2 Å². The Hall–Kier alpha value is -1.10. The third-order valence-corrected chi connectivity index (χ3v) is 3.00. The standard InChI is InChI=1S/C15H25NO3/c1-15(2,3)11-6-5-7-12(8-11)19-14(9-17)13(16)10-18-4/h5-8,13-14,17H,9-10,16H2,1-4H3. The summed E-state index contributed by atoms with van der Waals surface area (Å²) in [6.45, 7) is 6.65. The van der Waals surface area contributed by atoms with Gasteiger partial charge in [0.2, 0.25) is 0 Å². The van der Waals surface area contributed by atoms with Crippen LogP contribution in [0.1, 0.15) is 26.3 Å². The Balaban J connectivity index is 2.80. The summed E-state index contributed by atoms with van der Waals surface area (Å²) in [5.74, 6) is 0.720. The molecule has 0 heterocycles. The highest BCUT2D eigenvalue weighted by atomic mass is 16.5. The van der Waals surface area contributed by atoms with Gasteiger partial charge >= 0.3 is 0 Å². The second kappa shape index (κ2) is 6.89. The fourth-order valence-corrected chi connectivity index (χ4v) is 1.77. The molecule has 3 N–H and O–H groups in total. The summed E-state index contributed by atoms with van der Waals surface area (Å²) >= 11 is 0. The van der Waals surface area contributed by atoms with Crippen LogP contribution in [0.2, 0.25) is 0 Å². The van der Waals surface area contributed by atoms with Crippen molar-refractivity contribution in [3.05, 3.63) is 29.8 Å². The Morgan fingerprint density at radius 2 is 2.00 bits per heavy atom. The molecular formula is C15H25NO3. The van der Waals surface area contributed by atoms with E-state index >= 15 is 0 Å². The smallest absolute Gasteiger partial charge is 0.139 e. The van der Waals surface area contributed by atoms with Crippen molar-refractivity contribution < 1.29 is 14.6 Å². The summed E-state index contributed by atoms with van der Waals surface area (Å²) in [6.07, 6.45) is -0.463. The number of aliphatic hydroxyl groups excluding tert-OH is 1. The molecule has 0 aliphatic carbocycles. The molecule has 0 saturated carbocycles. The van der Waals surface area contributed by atoms with Crippen LogP contribution in [0.4, 0.5) is 0 Å². The van der Waals surface area contributed by atoms with E-state index in [2.05, 4.69) is 26.8 Å². The SMILES string of the molecule is COCC(N)C(CO)Oc1cccc(C(C)(C)C)c1. The van der Waals surface area contributed by atoms with E-state index in [0.717, 1.165) is 5.75 Å². The number of aliphatic hydroxyl groups is 1. The topological polar surface area (TPSA) is 64.7 Å². The molecule has 0 aromatic heterocycles. The Kier molecular flexibility index (Phi) is 5.79. The lowest BCUT2D eigenvalue weighted by molar-refractivity contribution is 0.0604. The highest BCUT2D eigenvalue weighted by Crippen LogP contribution is 2.26. The van der Waals surface area contributed by atoms with Crippen LogP contribution in [0.25, 0.3) is 0 Å². The van der Waals surface area contributed by atoms with Crippen LogP contribution in [0.5, 0.6) is 5.75 Å². The van der Waals surface area contributed by atoms with Gasteiger partial charge in [-0.1, -0.05) is 32.9 Å². The number of rotatable bonds is 6. The maximum atomic E-state index is 9.35. The largest absolute Gasteiger partial charge is 0.486 e. The van der Waals surface area contributed by atoms with Gasteiger partial charge in [0.1, 0.15) is 11.9 Å². The van der Waals surface area contributed by atoms with Crippen molar-refractivity contribution >= 4 is 0 Å². The van der Waals surface area contributed by atoms with Gasteiger partial charge in [-0.25, -0.2) is 0 Å². The van der Waals surface area contributed by atoms with Crippen LogP contribution >= 0.6 is 0 Å². The van der Waals surface area contributed by atoms with E-state index in [4.69, 9.17) is 15.2 Å². The van der Waals surface area contributed by atoms with Crippen LogP contribution in [0, 0.1) is 0 Å². The van der Waals surface area contributed by atoms with E-state index in [-0.39, 0.29) is 18.1 Å². The first-order valence-corrected chi connectivity index (χ1v) is 6.51. The zero-order valence-corrected chi connectivity index (χ0v) is 12.2. The third kappa shape index (κ3) is 4.82. The fourth-order valence-electron chi connectivity index (χ4n) is 1.77. The zero-order chi connectivity index (χ0) is 14.5. The molecule has 1 rings (SSSR count). The second-order valence-corrected chi connectivity index (χ2v) is 5.74. The van der Waals surface area contributed by atoms with Gasteiger partial charge in [-0.3, -0.25) is 0 Å². The van der Waals surface area contributed by atoms with Crippen molar-refractivity contribution in [3.8, 4) is 5.75 Å². The molecule has 4 heteroatoms. The van der Waals surface area contributed by atoms with Gasteiger partial charge in [0.15, 0.2) is 0 Å². The summed E-state index contributed by atoms with van der Waals surface area (Å²) in [5, 5.41) is 9.35. The summed E-state index contributed by atoms with van der Waals surface area (Å²) < 4.78 is 10.7. The highest BCUT2D eigenvalue weighted by Gasteiger charge is 2.20. The van der Waals surface area contributed by atoms with Crippen molar-refractivity contribution in [2.24, 2.45) is 5.73 Å². The number of hydrogen-bond acceptors (Lipinski definition) is 4. The Morgan fingerprint density at radius 1 is 1.32 bits per heavy atom. The molecule has 0 radical (unpaired) electrons. The Bertz CT molecular complexity index is 387. The minimum atomic E-state index is -0.463. The summed E-state index contributed by atoms with van der Waals surface area (Å²) in [6, 6.07) is 7.52. The summed E-state index contributed by atoms with van der Waals surface area (Å²) in [7, 11) is 1.58. The number of methoxy groups -OCH3 is 1. The van der Waals surface area contributed by atoms with E-state index in [1.807, 2.05) is 18.2 Å². The van der Waals surface area contributed by atoms with Crippen LogP contribution in [0.15, 0.2) is 24.3 Å². The molecule has 2 atom stereocenters. The van der Waals surface area contributed by atoms with Gasteiger partial charge < -0.3 is 20.3 Å². The van der Waals surface area contributed by atoms with Crippen LogP contribution in [0.3, 0.4) is 0 Å². The Labute approximate surface area is 115 Å². The molecule has 1 aromatic carbocycles. The van der Waals surface area contributed by atoms with Crippen LogP contribution in [-0.4, -0.2) is 37.6 Å². The van der Waals surface area contributed by atoms with Crippen molar-refractivity contribution in [3.63, 3.8) is 0 Å². The average molecular weight is 267 g/mol. The zero-order valence-electron chi connectivity index (χ0n) is 12.2. The monoisotopic (exact) mass is 267 g/mol. The average Bonchev–Trinajstić information content (AvgIpc) is 2.35. The molecule has 2 unspecified atom stereocenters. The van der Waals surface area contributed by atoms with Gasteiger partial charge in [-0.15, -0.1) is 0 Å². The molecule has 0 fully saturated rings. The first-order chi connectivity index (χ1) is 8.88. The molecular weight excluding hydrogens is 242 g/mol. The molecule has 108 valence electrons. The molecule has 0 bridgehead atoms. The van der Waals surface area contributed by atoms with E-state index in [1.54, 1.807) is 7.11 Å². The molecule has 19 heavy (non-hydrogen) atoms. The molecule has 0 aliphatic heterocycles. The lowest BCUT2D eigenvalue weighted by atomic mass is 9.87. The first kappa shape index (κ1) is 16.0. The lowest BCUT2D eigenvalue weighted by Gasteiger charge is -2.24. The van der Waals surface area contributed by atoms with Crippen molar-refractivity contribution in [1.29, 1.82) is 0 Å². The lowest BCUT2D eigenvalue weighted by Crippen LogP contribution is -2.44. The van der Waals surface area contributed by atoms with Gasteiger partial charge in [0, 0.05) is 7.11 Å². The second-order valence-electron chi connectivity index (χ2n) is 5.74. The number of hydrogen-bond donors (Lipinski definition) is 2. The third-order valence-electron chi connectivity index (χ3n) is 3.00. The molecule has 0 spiro atoms. The quantitative estimate of drug-likeness (QED) is 0.823. The van der Waals surface area contributed by atoms with Gasteiger partial charge in [0.25, 0.3) is 0 Å². The van der Waals surface area contributed by atoms with E-state index in [0.29, 0.717) is 6.61 Å². The molecule has 0 amide bonds. The maximum Gasteiger partial charge on any atom is 0.139 e. The van der Waals surface area contributed by atoms with E-state index < -0.39 is 6.10 Å². The van der Waals surface area contributed by atoms with Gasteiger partial charge in [-0.2, -0.15) is 0 Å². The van der Waals surface area contributed by atoms with E-state index in [9.17, 15) is 5.11 Å². The molecule has 0 saturated heterocycles. The van der Waals surface area contributed by atoms with E-state index in [1.165, 1.54) is 5.56 Å². The minimum Gasteiger partial charge on any atom is -0.486 e. The fraction of sp³-hybridized carbons (Fsp3) is 0.600. The molecule has 4 nitrogen and oxygen atoms in total. The predicted octanol–water partition coefficient (Wildman–Crippen LogP) is 1.70. The van der Waals surface area contributed by atoms with Gasteiger partial charge in [-0.05, 0) is 23.1 Å².